The Labute approximate surface area is 134 Å². The van der Waals surface area contributed by atoms with Gasteiger partial charge in [-0.2, -0.15) is 0 Å². The van der Waals surface area contributed by atoms with Crippen LogP contribution in [0.3, 0.4) is 0 Å². The van der Waals surface area contributed by atoms with Crippen LogP contribution in [-0.2, 0) is 17.6 Å². The maximum absolute atomic E-state index is 11.9. The molecule has 0 saturated carbocycles. The summed E-state index contributed by atoms with van der Waals surface area (Å²) in [6.45, 7) is 2.05. The molecule has 0 saturated heterocycles. The molecule has 0 spiro atoms. The average molecular weight is 317 g/mol. The van der Waals surface area contributed by atoms with Crippen LogP contribution in [0.1, 0.15) is 28.4 Å². The minimum Gasteiger partial charge on any atom is -0.273 e. The van der Waals surface area contributed by atoms with Gasteiger partial charge in [-0.15, -0.1) is 0 Å². The summed E-state index contributed by atoms with van der Waals surface area (Å²) in [4.78, 5) is 23.7. The van der Waals surface area contributed by atoms with E-state index in [1.54, 1.807) is 30.3 Å². The Morgan fingerprint density at radius 2 is 1.68 bits per heavy atom. The molecule has 22 heavy (non-hydrogen) atoms. The highest BCUT2D eigenvalue weighted by Crippen LogP contribution is 2.15. The fourth-order valence-electron chi connectivity index (χ4n) is 1.95. The molecule has 2 rings (SSSR count). The van der Waals surface area contributed by atoms with Gasteiger partial charge in [0.1, 0.15) is 0 Å². The van der Waals surface area contributed by atoms with Crippen LogP contribution in [0.25, 0.3) is 0 Å². The van der Waals surface area contributed by atoms with Gasteiger partial charge in [-0.3, -0.25) is 20.4 Å². The third-order valence-electron chi connectivity index (χ3n) is 3.25. The second-order valence-corrected chi connectivity index (χ2v) is 5.23. The highest BCUT2D eigenvalue weighted by atomic mass is 35.5. The van der Waals surface area contributed by atoms with Crippen molar-refractivity contribution in [3.8, 4) is 0 Å². The Morgan fingerprint density at radius 1 is 1.00 bits per heavy atom. The SMILES string of the molecule is CCc1ccc(C(=O)NNC(=O)Cc2ccccc2Cl)cc1. The number of halogens is 1. The van der Waals surface area contributed by atoms with E-state index in [4.69, 9.17) is 11.6 Å². The molecule has 2 N–H and O–H groups in total. The summed E-state index contributed by atoms with van der Waals surface area (Å²) in [6.07, 6.45) is 1.02. The lowest BCUT2D eigenvalue weighted by Crippen LogP contribution is -2.42. The number of carbonyl (C=O) groups excluding carboxylic acids is 2. The van der Waals surface area contributed by atoms with Crippen molar-refractivity contribution in [3.05, 3.63) is 70.2 Å². The van der Waals surface area contributed by atoms with Gasteiger partial charge in [0.05, 0.1) is 6.42 Å². The van der Waals surface area contributed by atoms with Gasteiger partial charge in [0.2, 0.25) is 5.91 Å². The summed E-state index contributed by atoms with van der Waals surface area (Å²) in [5.41, 5.74) is 7.14. The quantitative estimate of drug-likeness (QED) is 0.852. The van der Waals surface area contributed by atoms with E-state index in [0.29, 0.717) is 16.1 Å². The van der Waals surface area contributed by atoms with E-state index in [1.807, 2.05) is 25.1 Å². The van der Waals surface area contributed by atoms with Crippen LogP contribution in [0.4, 0.5) is 0 Å². The Balaban J connectivity index is 1.87. The molecular formula is C17H17ClN2O2. The van der Waals surface area contributed by atoms with Crippen LogP contribution < -0.4 is 10.9 Å². The van der Waals surface area contributed by atoms with Crippen molar-refractivity contribution >= 4 is 23.4 Å². The number of amides is 2. The number of hydrazine groups is 1. The molecule has 114 valence electrons. The molecule has 2 amide bonds. The smallest absolute Gasteiger partial charge is 0.269 e. The van der Waals surface area contributed by atoms with Crippen molar-refractivity contribution in [2.45, 2.75) is 19.8 Å². The van der Waals surface area contributed by atoms with Gasteiger partial charge in [0.15, 0.2) is 0 Å². The van der Waals surface area contributed by atoms with Crippen LogP contribution in [0.5, 0.6) is 0 Å². The zero-order valence-corrected chi connectivity index (χ0v) is 13.0. The van der Waals surface area contributed by atoms with Gasteiger partial charge < -0.3 is 0 Å². The number of hydrogen-bond acceptors (Lipinski definition) is 2. The van der Waals surface area contributed by atoms with Crippen molar-refractivity contribution < 1.29 is 9.59 Å². The van der Waals surface area contributed by atoms with E-state index in [9.17, 15) is 9.59 Å². The first-order valence-electron chi connectivity index (χ1n) is 7.01. The molecule has 0 radical (unpaired) electrons. The van der Waals surface area contributed by atoms with Gasteiger partial charge >= 0.3 is 0 Å². The monoisotopic (exact) mass is 316 g/mol. The number of hydrogen-bond donors (Lipinski definition) is 2. The minimum atomic E-state index is -0.352. The molecule has 2 aromatic rings. The maximum Gasteiger partial charge on any atom is 0.269 e. The highest BCUT2D eigenvalue weighted by molar-refractivity contribution is 6.31. The molecule has 0 unspecified atom stereocenters. The zero-order chi connectivity index (χ0) is 15.9. The lowest BCUT2D eigenvalue weighted by atomic mass is 10.1. The summed E-state index contributed by atoms with van der Waals surface area (Å²) in [6, 6.07) is 14.3. The second kappa shape index (κ2) is 7.61. The molecular weight excluding hydrogens is 300 g/mol. The molecule has 2 aromatic carbocycles. The molecule has 0 aromatic heterocycles. The van der Waals surface area contributed by atoms with E-state index in [1.165, 1.54) is 0 Å². The number of rotatable bonds is 4. The summed E-state index contributed by atoms with van der Waals surface area (Å²) in [5.74, 6) is -0.679. The molecule has 0 bridgehead atoms. The molecule has 0 aliphatic heterocycles. The summed E-state index contributed by atoms with van der Waals surface area (Å²) >= 11 is 5.99. The number of benzene rings is 2. The molecule has 0 heterocycles. The first kappa shape index (κ1) is 16.0. The molecule has 0 aliphatic carbocycles. The molecule has 5 heteroatoms. The average Bonchev–Trinajstić information content (AvgIpc) is 2.55. The lowest BCUT2D eigenvalue weighted by molar-refractivity contribution is -0.121. The Morgan fingerprint density at radius 3 is 2.32 bits per heavy atom. The van der Waals surface area contributed by atoms with Crippen LogP contribution in [0, 0.1) is 0 Å². The number of nitrogens with one attached hydrogen (secondary N) is 2. The van der Waals surface area contributed by atoms with Gasteiger partial charge in [-0.05, 0) is 35.7 Å². The third-order valence-corrected chi connectivity index (χ3v) is 3.62. The van der Waals surface area contributed by atoms with Gasteiger partial charge in [-0.25, -0.2) is 0 Å². The first-order valence-corrected chi connectivity index (χ1v) is 7.39. The van der Waals surface area contributed by atoms with Gasteiger partial charge in [-0.1, -0.05) is 48.9 Å². The number of aryl methyl sites for hydroxylation is 1. The van der Waals surface area contributed by atoms with E-state index in [-0.39, 0.29) is 18.2 Å². The summed E-state index contributed by atoms with van der Waals surface area (Å²) in [7, 11) is 0. The molecule has 0 fully saturated rings. The normalized spacial score (nSPS) is 10.1. The van der Waals surface area contributed by atoms with Crippen LogP contribution >= 0.6 is 11.6 Å². The standard InChI is InChI=1S/C17H17ClN2O2/c1-2-12-7-9-13(10-8-12)17(22)20-19-16(21)11-14-5-3-4-6-15(14)18/h3-10H,2,11H2,1H3,(H,19,21)(H,20,22). The fourth-order valence-corrected chi connectivity index (χ4v) is 2.15. The Hall–Kier alpha value is -2.33. The van der Waals surface area contributed by atoms with Crippen LogP contribution in [0.2, 0.25) is 5.02 Å². The van der Waals surface area contributed by atoms with Crippen molar-refractivity contribution in [2.75, 3.05) is 0 Å². The first-order chi connectivity index (χ1) is 10.6. The predicted octanol–water partition coefficient (Wildman–Crippen LogP) is 2.91. The third kappa shape index (κ3) is 4.33. The maximum atomic E-state index is 11.9. The van der Waals surface area contributed by atoms with E-state index in [2.05, 4.69) is 10.9 Å². The largest absolute Gasteiger partial charge is 0.273 e. The van der Waals surface area contributed by atoms with E-state index >= 15 is 0 Å². The molecule has 0 aliphatic rings. The predicted molar refractivity (Wildman–Crippen MR) is 86.6 cm³/mol. The topological polar surface area (TPSA) is 58.2 Å². The van der Waals surface area contributed by atoms with Gasteiger partial charge in [0, 0.05) is 10.6 Å². The van der Waals surface area contributed by atoms with E-state index < -0.39 is 0 Å². The minimum absolute atomic E-state index is 0.106. The van der Waals surface area contributed by atoms with Crippen molar-refractivity contribution in [1.82, 2.24) is 10.9 Å². The molecule has 4 nitrogen and oxygen atoms in total. The van der Waals surface area contributed by atoms with Crippen molar-refractivity contribution in [1.29, 1.82) is 0 Å². The lowest BCUT2D eigenvalue weighted by Gasteiger charge is -2.08. The Bertz CT molecular complexity index is 669. The molecule has 0 atom stereocenters. The van der Waals surface area contributed by atoms with Crippen LogP contribution in [0.15, 0.2) is 48.5 Å². The fraction of sp³-hybridized carbons (Fsp3) is 0.176. The zero-order valence-electron chi connectivity index (χ0n) is 12.2. The van der Waals surface area contributed by atoms with Crippen molar-refractivity contribution in [2.24, 2.45) is 0 Å². The van der Waals surface area contributed by atoms with E-state index in [0.717, 1.165) is 12.0 Å². The summed E-state index contributed by atoms with van der Waals surface area (Å²) < 4.78 is 0. The van der Waals surface area contributed by atoms with Crippen LogP contribution in [-0.4, -0.2) is 11.8 Å². The number of carbonyl (C=O) groups is 2. The second-order valence-electron chi connectivity index (χ2n) is 4.82. The van der Waals surface area contributed by atoms with Crippen molar-refractivity contribution in [3.63, 3.8) is 0 Å². The Kier molecular flexibility index (Phi) is 5.55. The highest BCUT2D eigenvalue weighted by Gasteiger charge is 2.09. The summed E-state index contributed by atoms with van der Waals surface area (Å²) in [5, 5.41) is 0.527. The van der Waals surface area contributed by atoms with Gasteiger partial charge in [0.25, 0.3) is 5.91 Å².